The largest absolute Gasteiger partial charge is 0.480 e. The number of carbonyl (C=O) groups is 7. The zero-order valence-electron chi connectivity index (χ0n) is 33.5. The summed E-state index contributed by atoms with van der Waals surface area (Å²) in [6.45, 7) is 11.4. The topological polar surface area (TPSA) is 238 Å². The second kappa shape index (κ2) is 26.6. The Morgan fingerprint density at radius 1 is 0.709 bits per heavy atom. The molecule has 8 atom stereocenters. The Morgan fingerprint density at radius 2 is 1.22 bits per heavy atom. The fraction of sp³-hybridized carbons (Fsp3) is 0.667. The maximum atomic E-state index is 14.2. The van der Waals surface area contributed by atoms with E-state index in [1.165, 1.54) is 11.8 Å². The SMILES string of the molecule is CC[C@H](C)[C@H](NC(=O)[C@H](Cc1ccccc1)NC(=O)[C@H](CC(C)C)NC(=O)[C@H](CCSC)NC=O)C(=O)N[C@H](C(=O)N[C@@H](CCCCN)C(=O)O)[C@@H](C)CC. The summed E-state index contributed by atoms with van der Waals surface area (Å²) in [5, 5.41) is 26.0. The number of hydrogen-bond acceptors (Lipinski definition) is 9. The summed E-state index contributed by atoms with van der Waals surface area (Å²) in [6, 6.07) is 2.59. The van der Waals surface area contributed by atoms with Crippen molar-refractivity contribution in [3.8, 4) is 0 Å². The summed E-state index contributed by atoms with van der Waals surface area (Å²) in [5.74, 6) is -4.46. The maximum Gasteiger partial charge on any atom is 0.326 e. The molecule has 1 rings (SSSR count). The molecule has 16 heteroatoms. The number of thioether (sulfide) groups is 1. The van der Waals surface area contributed by atoms with Crippen molar-refractivity contribution < 1.29 is 38.7 Å². The van der Waals surface area contributed by atoms with Crippen molar-refractivity contribution in [3.05, 3.63) is 35.9 Å². The van der Waals surface area contributed by atoms with E-state index in [-0.39, 0.29) is 31.1 Å². The maximum absolute atomic E-state index is 14.2. The van der Waals surface area contributed by atoms with Gasteiger partial charge in [0.05, 0.1) is 0 Å². The standard InChI is InChI=1S/C39H65N7O8S/c1-8-25(5)32(37(51)42-29(39(53)54)17-13-14-19-40)46-38(52)33(26(6)9-2)45-36(50)31(22-27-15-11-10-12-16-27)44-35(49)30(21-24(3)4)43-34(48)28(41-23-47)18-20-55-7/h10-12,15-16,23-26,28-33H,8-9,13-14,17-22,40H2,1-7H3,(H,41,47)(H,42,51)(H,43,48)(H,44,49)(H,45,50)(H,46,52)(H,53,54)/t25-,26-,28-,29-,30-,31-,32-,33-/m0/s1. The molecule has 0 spiro atoms. The van der Waals surface area contributed by atoms with Crippen LogP contribution in [0.1, 0.15) is 92.1 Å². The van der Waals surface area contributed by atoms with Crippen LogP contribution in [0.5, 0.6) is 0 Å². The minimum atomic E-state index is -1.20. The van der Waals surface area contributed by atoms with Gasteiger partial charge in [0, 0.05) is 6.42 Å². The number of unbranched alkanes of at least 4 members (excludes halogenated alkanes) is 1. The van der Waals surface area contributed by atoms with E-state index in [1.54, 1.807) is 38.1 Å². The molecule has 0 saturated carbocycles. The van der Waals surface area contributed by atoms with Crippen LogP contribution >= 0.6 is 11.8 Å². The quantitative estimate of drug-likeness (QED) is 0.0453. The van der Waals surface area contributed by atoms with Crippen molar-refractivity contribution in [1.82, 2.24) is 31.9 Å². The molecule has 0 aromatic heterocycles. The lowest BCUT2D eigenvalue weighted by Gasteiger charge is -2.31. The van der Waals surface area contributed by atoms with E-state index in [4.69, 9.17) is 5.73 Å². The minimum absolute atomic E-state index is 0.0213. The van der Waals surface area contributed by atoms with E-state index in [9.17, 15) is 38.7 Å². The molecule has 0 unspecified atom stereocenters. The third kappa shape index (κ3) is 17.9. The normalized spacial score (nSPS) is 15.5. The Hall–Kier alpha value is -4.18. The third-order valence-electron chi connectivity index (χ3n) is 9.60. The first-order chi connectivity index (χ1) is 26.1. The van der Waals surface area contributed by atoms with Gasteiger partial charge in [-0.25, -0.2) is 4.79 Å². The van der Waals surface area contributed by atoms with E-state index in [0.717, 1.165) is 5.56 Å². The molecule has 0 aliphatic rings. The number of rotatable bonds is 28. The Morgan fingerprint density at radius 3 is 1.73 bits per heavy atom. The molecule has 9 N–H and O–H groups in total. The fourth-order valence-corrected chi connectivity index (χ4v) is 6.30. The van der Waals surface area contributed by atoms with Gasteiger partial charge in [-0.3, -0.25) is 28.8 Å². The van der Waals surface area contributed by atoms with Gasteiger partial charge in [0.2, 0.25) is 35.9 Å². The van der Waals surface area contributed by atoms with E-state index in [1.807, 2.05) is 40.0 Å². The van der Waals surface area contributed by atoms with Crippen molar-refractivity contribution in [2.24, 2.45) is 23.5 Å². The summed E-state index contributed by atoms with van der Waals surface area (Å²) < 4.78 is 0. The van der Waals surface area contributed by atoms with Crippen LogP contribution in [0.15, 0.2) is 30.3 Å². The molecule has 1 aromatic carbocycles. The molecule has 6 amide bonds. The van der Waals surface area contributed by atoms with Crippen LogP contribution in [0.25, 0.3) is 0 Å². The van der Waals surface area contributed by atoms with Gasteiger partial charge in [-0.1, -0.05) is 84.7 Å². The first kappa shape index (κ1) is 48.8. The molecule has 0 fully saturated rings. The average Bonchev–Trinajstić information content (AvgIpc) is 3.15. The smallest absolute Gasteiger partial charge is 0.326 e. The molecule has 55 heavy (non-hydrogen) atoms. The Balaban J connectivity index is 3.41. The predicted molar refractivity (Wildman–Crippen MR) is 215 cm³/mol. The highest BCUT2D eigenvalue weighted by atomic mass is 32.2. The zero-order chi connectivity index (χ0) is 41.5. The average molecular weight is 792 g/mol. The monoisotopic (exact) mass is 791 g/mol. The lowest BCUT2D eigenvalue weighted by atomic mass is 9.94. The van der Waals surface area contributed by atoms with Gasteiger partial charge in [0.1, 0.15) is 36.3 Å². The Kier molecular flexibility index (Phi) is 23.6. The second-order valence-electron chi connectivity index (χ2n) is 14.5. The predicted octanol–water partition coefficient (Wildman–Crippen LogP) is 1.87. The number of benzene rings is 1. The van der Waals surface area contributed by atoms with Gasteiger partial charge in [-0.2, -0.15) is 11.8 Å². The van der Waals surface area contributed by atoms with Crippen LogP contribution < -0.4 is 37.6 Å². The van der Waals surface area contributed by atoms with Crippen LogP contribution in [-0.4, -0.2) is 102 Å². The first-order valence-corrected chi connectivity index (χ1v) is 20.7. The number of aliphatic carboxylic acids is 1. The number of carbonyl (C=O) groups excluding carboxylic acids is 6. The Labute approximate surface area is 330 Å². The number of nitrogens with two attached hydrogens (primary N) is 1. The molecule has 310 valence electrons. The summed E-state index contributed by atoms with van der Waals surface area (Å²) in [5.41, 5.74) is 6.29. The second-order valence-corrected chi connectivity index (χ2v) is 15.5. The highest BCUT2D eigenvalue weighted by Gasteiger charge is 2.36. The number of nitrogens with one attached hydrogen (secondary N) is 6. The van der Waals surface area contributed by atoms with Crippen molar-refractivity contribution >= 4 is 53.7 Å². The van der Waals surface area contributed by atoms with Crippen molar-refractivity contribution in [2.75, 3.05) is 18.6 Å². The number of hydrogen-bond donors (Lipinski definition) is 8. The summed E-state index contributed by atoms with van der Waals surface area (Å²) in [4.78, 5) is 91.9. The Bertz CT molecular complexity index is 1370. The van der Waals surface area contributed by atoms with E-state index in [2.05, 4.69) is 31.9 Å². The zero-order valence-corrected chi connectivity index (χ0v) is 34.3. The van der Waals surface area contributed by atoms with Gasteiger partial charge in [-0.15, -0.1) is 0 Å². The van der Waals surface area contributed by atoms with Crippen LogP contribution in [0.2, 0.25) is 0 Å². The lowest BCUT2D eigenvalue weighted by molar-refractivity contribution is -0.143. The molecule has 0 radical (unpaired) electrons. The van der Waals surface area contributed by atoms with Crippen molar-refractivity contribution in [1.29, 1.82) is 0 Å². The third-order valence-corrected chi connectivity index (χ3v) is 10.2. The van der Waals surface area contributed by atoms with Crippen LogP contribution in [0.3, 0.4) is 0 Å². The molecule has 0 aliphatic carbocycles. The minimum Gasteiger partial charge on any atom is -0.480 e. The number of carboxylic acids is 1. The molecule has 1 aromatic rings. The molecule has 0 bridgehead atoms. The van der Waals surface area contributed by atoms with Crippen LogP contribution in [-0.2, 0) is 40.0 Å². The molecule has 15 nitrogen and oxygen atoms in total. The molecular weight excluding hydrogens is 727 g/mol. The molecular formula is C39H65N7O8S. The van der Waals surface area contributed by atoms with E-state index >= 15 is 0 Å². The first-order valence-electron chi connectivity index (χ1n) is 19.3. The molecule has 0 saturated heterocycles. The van der Waals surface area contributed by atoms with Gasteiger partial charge in [0.25, 0.3) is 0 Å². The van der Waals surface area contributed by atoms with Gasteiger partial charge in [-0.05, 0) is 74.0 Å². The van der Waals surface area contributed by atoms with Gasteiger partial charge in [0.15, 0.2) is 0 Å². The lowest BCUT2D eigenvalue weighted by Crippen LogP contribution is -2.61. The fourth-order valence-electron chi connectivity index (χ4n) is 5.83. The number of carboxylic acid groups (broad SMARTS) is 1. The summed E-state index contributed by atoms with van der Waals surface area (Å²) in [7, 11) is 0. The van der Waals surface area contributed by atoms with E-state index in [0.29, 0.717) is 50.8 Å². The van der Waals surface area contributed by atoms with Crippen molar-refractivity contribution in [3.63, 3.8) is 0 Å². The van der Waals surface area contributed by atoms with Gasteiger partial charge >= 0.3 is 5.97 Å². The van der Waals surface area contributed by atoms with Crippen molar-refractivity contribution in [2.45, 2.75) is 129 Å². The van der Waals surface area contributed by atoms with Gasteiger partial charge < -0.3 is 42.7 Å². The highest BCUT2D eigenvalue weighted by molar-refractivity contribution is 7.98. The molecule has 0 aliphatic heterocycles. The molecule has 0 heterocycles. The van der Waals surface area contributed by atoms with E-state index < -0.39 is 77.7 Å². The highest BCUT2D eigenvalue weighted by Crippen LogP contribution is 2.15. The van der Waals surface area contributed by atoms with Crippen LogP contribution in [0, 0.1) is 17.8 Å². The summed E-state index contributed by atoms with van der Waals surface area (Å²) in [6.07, 6.45) is 5.23. The summed E-state index contributed by atoms with van der Waals surface area (Å²) >= 11 is 1.51. The van der Waals surface area contributed by atoms with Crippen LogP contribution in [0.4, 0.5) is 0 Å². The number of amides is 6.